The van der Waals surface area contributed by atoms with Crippen molar-refractivity contribution in [3.8, 4) is 0 Å². The van der Waals surface area contributed by atoms with Gasteiger partial charge in [-0.1, -0.05) is 331 Å². The minimum Gasteiger partial charge on any atom is -0.444 e. The van der Waals surface area contributed by atoms with Crippen LogP contribution in [0.25, 0.3) is 0 Å². The third-order valence-corrected chi connectivity index (χ3v) is 13.4. The molecule has 0 aromatic heterocycles. The zero-order chi connectivity index (χ0) is 67.6. The molecule has 518 valence electrons. The first-order valence-corrected chi connectivity index (χ1v) is 36.8. The highest BCUT2D eigenvalue weighted by Gasteiger charge is 2.22. The summed E-state index contributed by atoms with van der Waals surface area (Å²) in [6.45, 7) is 88.1. The van der Waals surface area contributed by atoms with Crippen LogP contribution >= 0.6 is 0 Å². The summed E-state index contributed by atoms with van der Waals surface area (Å²) in [7, 11) is 0. The van der Waals surface area contributed by atoms with Crippen LogP contribution in [-0.4, -0.2) is 67.3 Å². The number of nitrogens with one attached hydrogen (secondary N) is 1. The molecule has 0 aliphatic carbocycles. The van der Waals surface area contributed by atoms with E-state index in [0.717, 1.165) is 109 Å². The molecule has 0 heterocycles. The largest absolute Gasteiger partial charge is 0.444 e. The summed E-state index contributed by atoms with van der Waals surface area (Å²) in [5, 5.41) is 3.42. The van der Waals surface area contributed by atoms with E-state index in [1.165, 1.54) is 135 Å². The van der Waals surface area contributed by atoms with Gasteiger partial charge >= 0.3 is 6.09 Å². The molecule has 0 aromatic carbocycles. The lowest BCUT2D eigenvalue weighted by Crippen LogP contribution is -2.39. The van der Waals surface area contributed by atoms with Crippen molar-refractivity contribution in [3.05, 3.63) is 0 Å². The summed E-state index contributed by atoms with van der Waals surface area (Å²) >= 11 is 0. The fraction of sp³-hybridized carbons (Fsp3) is 0.987. The van der Waals surface area contributed by atoms with E-state index in [0.29, 0.717) is 11.8 Å². The highest BCUT2D eigenvalue weighted by molar-refractivity contribution is 5.68. The molecule has 5 heteroatoms. The van der Waals surface area contributed by atoms with Crippen LogP contribution in [0.2, 0.25) is 0 Å². The van der Waals surface area contributed by atoms with Crippen molar-refractivity contribution in [2.75, 3.05) is 45.8 Å². The molecule has 0 unspecified atom stereocenters. The second-order valence-corrected chi connectivity index (χ2v) is 33.4. The summed E-state index contributed by atoms with van der Waals surface area (Å²) in [6, 6.07) is 0. The Hall–Kier alpha value is -0.810. The molecule has 0 aliphatic heterocycles. The first kappa shape index (κ1) is 99.4. The van der Waals surface area contributed by atoms with Gasteiger partial charge in [-0.25, -0.2) is 4.79 Å². The number of ether oxygens (including phenoxy) is 1. The van der Waals surface area contributed by atoms with Gasteiger partial charge in [-0.05, 0) is 148 Å². The van der Waals surface area contributed by atoms with Crippen LogP contribution in [0.15, 0.2) is 0 Å². The van der Waals surface area contributed by atoms with Crippen LogP contribution in [0.1, 0.15) is 365 Å². The third kappa shape index (κ3) is 123. The molecule has 0 fully saturated rings. The van der Waals surface area contributed by atoms with Crippen LogP contribution in [0, 0.1) is 94.7 Å². The van der Waals surface area contributed by atoms with Gasteiger partial charge in [-0.15, -0.1) is 0 Å². The van der Waals surface area contributed by atoms with Gasteiger partial charge in [0, 0.05) is 26.2 Å². The standard InChI is InChI=1S/C14H29NO2.C10H23N.2C10H22.C9H21N.2C9H20.C8H18/c1-11(2)8-9-15(10-12(3)4)13(16)17-14(5,6)7;1-6-11(7-9(2)3)8-10(4)5;2*1-9(2)7-5-6-8-10(3)4;1-8(2)5-6-10-7-9(3)4;2*1-8(2)6-5-7-9(3)4;1-7(2)5-6-8(3)4/h11-12H,8-10H2,1-7H3;9-10H,6-8H2,1-5H3;2*9-10H,5-8H2,1-4H3;8-10H,5-7H2,1-4H3;2*8-9H,5-7H2,1-4H3;7-8H,5-6H2,1-4H3. The Labute approximate surface area is 539 Å². The molecule has 0 radical (unpaired) electrons. The second kappa shape index (κ2) is 68.1. The van der Waals surface area contributed by atoms with E-state index in [9.17, 15) is 4.79 Å². The minimum absolute atomic E-state index is 0.188. The van der Waals surface area contributed by atoms with E-state index in [1.54, 1.807) is 0 Å². The van der Waals surface area contributed by atoms with Crippen LogP contribution in [0.3, 0.4) is 0 Å². The van der Waals surface area contributed by atoms with E-state index in [1.807, 2.05) is 25.7 Å². The number of carbonyl (C=O) groups is 1. The van der Waals surface area contributed by atoms with Crippen molar-refractivity contribution in [2.45, 2.75) is 370 Å². The van der Waals surface area contributed by atoms with Gasteiger partial charge in [0.05, 0.1) is 0 Å². The number of carbonyl (C=O) groups excluding carboxylic acids is 1. The van der Waals surface area contributed by atoms with Crippen molar-refractivity contribution in [1.29, 1.82) is 0 Å². The van der Waals surface area contributed by atoms with Gasteiger partial charge in [-0.2, -0.15) is 0 Å². The molecule has 84 heavy (non-hydrogen) atoms. The number of hydrogen-bond donors (Lipinski definition) is 1. The molecule has 0 bridgehead atoms. The van der Waals surface area contributed by atoms with Crippen molar-refractivity contribution in [1.82, 2.24) is 15.1 Å². The Kier molecular flexibility index (Phi) is 80.6. The fourth-order valence-corrected chi connectivity index (χ4v) is 8.33. The number of amides is 1. The van der Waals surface area contributed by atoms with Gasteiger partial charge < -0.3 is 19.9 Å². The van der Waals surface area contributed by atoms with Gasteiger partial charge in [-0.3, -0.25) is 0 Å². The van der Waals surface area contributed by atoms with Gasteiger partial charge in [0.15, 0.2) is 0 Å². The molecule has 0 rings (SSSR count). The normalized spacial score (nSPS) is 11.6. The van der Waals surface area contributed by atoms with E-state index in [-0.39, 0.29) is 6.09 Å². The maximum Gasteiger partial charge on any atom is 0.410 e. The van der Waals surface area contributed by atoms with Crippen molar-refractivity contribution in [3.63, 3.8) is 0 Å². The summed E-state index contributed by atoms with van der Waals surface area (Å²) in [4.78, 5) is 16.4. The topological polar surface area (TPSA) is 44.8 Å². The lowest BCUT2D eigenvalue weighted by molar-refractivity contribution is 0.0220. The van der Waals surface area contributed by atoms with Crippen molar-refractivity contribution < 1.29 is 9.53 Å². The number of hydrogen-bond acceptors (Lipinski definition) is 4. The average Bonchev–Trinajstić information content (AvgIpc) is 3.31. The molecule has 0 spiro atoms. The van der Waals surface area contributed by atoms with Crippen LogP contribution < -0.4 is 5.32 Å². The second-order valence-electron chi connectivity index (χ2n) is 33.4. The summed E-state index contributed by atoms with van der Waals surface area (Å²) < 4.78 is 5.42. The molecule has 1 N–H and O–H groups in total. The van der Waals surface area contributed by atoms with E-state index >= 15 is 0 Å². The van der Waals surface area contributed by atoms with Crippen molar-refractivity contribution >= 4 is 6.09 Å². The first-order chi connectivity index (χ1) is 38.4. The highest BCUT2D eigenvalue weighted by Crippen LogP contribution is 2.16. The molecule has 1 amide bonds. The monoisotopic (exact) mass is 1200 g/mol. The number of rotatable bonds is 36. The number of unbranched alkanes of at least 4 members (excludes halogenated alkanes) is 2. The predicted octanol–water partition coefficient (Wildman–Crippen LogP) is 26.6. The molecule has 0 saturated carbocycles. The lowest BCUT2D eigenvalue weighted by atomic mass is 10.0. The Morgan fingerprint density at radius 2 is 0.571 bits per heavy atom. The van der Waals surface area contributed by atoms with Gasteiger partial charge in [0.2, 0.25) is 0 Å². The predicted molar refractivity (Wildman–Crippen MR) is 393 cm³/mol. The Bertz CT molecular complexity index is 1070. The summed E-state index contributed by atoms with van der Waals surface area (Å²) in [5.41, 5.74) is -0.413. The van der Waals surface area contributed by atoms with Crippen LogP contribution in [0.4, 0.5) is 4.79 Å². The molecular weight excluding hydrogens is 1020 g/mol. The quantitative estimate of drug-likeness (QED) is 0.0635. The Morgan fingerprint density at radius 3 is 0.774 bits per heavy atom. The Balaban J connectivity index is -0.000000133. The molecule has 0 atom stereocenters. The Morgan fingerprint density at radius 1 is 0.321 bits per heavy atom. The molecule has 5 nitrogen and oxygen atoms in total. The minimum atomic E-state index is -0.413. The van der Waals surface area contributed by atoms with E-state index in [2.05, 4.69) is 239 Å². The maximum absolute atomic E-state index is 12.0. The zero-order valence-corrected chi connectivity index (χ0v) is 66.1. The first-order valence-electron chi connectivity index (χ1n) is 36.8. The highest BCUT2D eigenvalue weighted by atomic mass is 16.6. The van der Waals surface area contributed by atoms with Crippen LogP contribution in [-0.2, 0) is 4.74 Å². The maximum atomic E-state index is 12.0. The SMILES string of the molecule is CC(C)CCC(C)C.CC(C)CCCC(C)C.CC(C)CCCC(C)C.CC(C)CCCCC(C)C.CC(C)CCCCC(C)C.CC(C)CCN(CC(C)C)C(=O)OC(C)(C)C.CC(C)CCNCC(C)C.CCN(CC(C)C)CC(C)C. The molecule has 0 aliphatic rings. The van der Waals surface area contributed by atoms with Crippen molar-refractivity contribution in [2.24, 2.45) is 94.7 Å². The fourth-order valence-electron chi connectivity index (χ4n) is 8.33. The van der Waals surface area contributed by atoms with Crippen LogP contribution in [0.5, 0.6) is 0 Å². The summed E-state index contributed by atoms with van der Waals surface area (Å²) in [5.74, 6) is 13.2. The third-order valence-electron chi connectivity index (χ3n) is 13.4. The molecule has 0 saturated heterocycles. The van der Waals surface area contributed by atoms with E-state index < -0.39 is 5.60 Å². The zero-order valence-electron chi connectivity index (χ0n) is 66.1. The molecular formula is C79H175N3O2. The average molecular weight is 1200 g/mol. The van der Waals surface area contributed by atoms with Gasteiger partial charge in [0.25, 0.3) is 0 Å². The summed E-state index contributed by atoms with van der Waals surface area (Å²) in [6.07, 6.45) is 24.7. The van der Waals surface area contributed by atoms with Gasteiger partial charge in [0.1, 0.15) is 5.60 Å². The lowest BCUT2D eigenvalue weighted by Gasteiger charge is -2.29. The van der Waals surface area contributed by atoms with E-state index in [4.69, 9.17) is 4.74 Å². The smallest absolute Gasteiger partial charge is 0.410 e. The number of nitrogens with zero attached hydrogens (tertiary/aromatic N) is 2. The molecule has 0 aromatic rings.